The fourth-order valence-corrected chi connectivity index (χ4v) is 1.82. The lowest BCUT2D eigenvalue weighted by Gasteiger charge is -2.02. The molecule has 0 amide bonds. The van der Waals surface area contributed by atoms with E-state index in [0.29, 0.717) is 5.95 Å². The smallest absolute Gasteiger partial charge is 0.240 e. The summed E-state index contributed by atoms with van der Waals surface area (Å²) in [4.78, 5) is 4.09. The first-order valence-electron chi connectivity index (χ1n) is 5.41. The molecule has 0 saturated carbocycles. The van der Waals surface area contributed by atoms with Crippen molar-refractivity contribution < 1.29 is 0 Å². The van der Waals surface area contributed by atoms with E-state index >= 15 is 0 Å². The van der Waals surface area contributed by atoms with E-state index in [9.17, 15) is 0 Å². The first kappa shape index (κ1) is 9.84. The zero-order chi connectivity index (χ0) is 11.8. The largest absolute Gasteiger partial charge is 0.366 e. The average molecular weight is 224 g/mol. The minimum atomic E-state index is 0.297. The van der Waals surface area contributed by atoms with E-state index in [1.54, 1.807) is 4.52 Å². The van der Waals surface area contributed by atoms with Crippen LogP contribution in [0.4, 0.5) is 5.95 Å². The van der Waals surface area contributed by atoms with Gasteiger partial charge in [-0.1, -0.05) is 29.8 Å². The summed E-state index contributed by atoms with van der Waals surface area (Å²) in [6.45, 7) is 2.07. The maximum Gasteiger partial charge on any atom is 0.240 e. The molecule has 0 unspecified atom stereocenters. The lowest BCUT2D eigenvalue weighted by atomic mass is 10.1. The highest BCUT2D eigenvalue weighted by molar-refractivity contribution is 5.64. The molecule has 0 bridgehead atoms. The molecule has 17 heavy (non-hydrogen) atoms. The van der Waals surface area contributed by atoms with Crippen LogP contribution in [0.2, 0.25) is 0 Å². The third-order valence-electron chi connectivity index (χ3n) is 2.73. The van der Waals surface area contributed by atoms with Crippen LogP contribution in [-0.4, -0.2) is 14.6 Å². The monoisotopic (exact) mass is 224 g/mol. The highest BCUT2D eigenvalue weighted by Crippen LogP contribution is 2.20. The summed E-state index contributed by atoms with van der Waals surface area (Å²) in [7, 11) is 0. The quantitative estimate of drug-likeness (QED) is 0.690. The van der Waals surface area contributed by atoms with E-state index in [0.717, 1.165) is 16.8 Å². The van der Waals surface area contributed by atoms with Crippen molar-refractivity contribution in [2.24, 2.45) is 0 Å². The Labute approximate surface area is 98.7 Å². The molecule has 84 valence electrons. The Morgan fingerprint density at radius 2 is 1.71 bits per heavy atom. The van der Waals surface area contributed by atoms with Crippen LogP contribution in [0, 0.1) is 6.92 Å². The Hall–Kier alpha value is -2.36. The summed E-state index contributed by atoms with van der Waals surface area (Å²) in [5.41, 5.74) is 9.83. The van der Waals surface area contributed by atoms with Gasteiger partial charge in [-0.15, -0.1) is 5.10 Å². The SMILES string of the molecule is Cc1ccc(-c2ccc3nc(N)nn3c2)cc1. The predicted molar refractivity (Wildman–Crippen MR) is 67.6 cm³/mol. The molecular weight excluding hydrogens is 212 g/mol. The molecule has 0 aliphatic carbocycles. The molecule has 0 atom stereocenters. The number of fused-ring (bicyclic) bond motifs is 1. The molecule has 0 fully saturated rings. The number of anilines is 1. The second kappa shape index (κ2) is 3.59. The summed E-state index contributed by atoms with van der Waals surface area (Å²) >= 11 is 0. The van der Waals surface area contributed by atoms with E-state index in [-0.39, 0.29) is 0 Å². The molecule has 2 heterocycles. The molecule has 3 aromatic rings. The third kappa shape index (κ3) is 1.73. The van der Waals surface area contributed by atoms with Crippen LogP contribution in [0.3, 0.4) is 0 Å². The molecule has 0 spiro atoms. The summed E-state index contributed by atoms with van der Waals surface area (Å²) in [5, 5.41) is 4.10. The maximum absolute atomic E-state index is 5.56. The van der Waals surface area contributed by atoms with Gasteiger partial charge in [0.05, 0.1) is 0 Å². The van der Waals surface area contributed by atoms with Gasteiger partial charge in [-0.3, -0.25) is 0 Å². The second-order valence-corrected chi connectivity index (χ2v) is 4.06. The number of aromatic nitrogens is 3. The standard InChI is InChI=1S/C13H12N4/c1-9-2-4-10(5-3-9)11-6-7-12-15-13(14)16-17(12)8-11/h2-8H,1H3,(H2,14,16). The van der Waals surface area contributed by atoms with Gasteiger partial charge in [0.2, 0.25) is 5.95 Å². The zero-order valence-corrected chi connectivity index (χ0v) is 9.46. The molecule has 1 aromatic carbocycles. The van der Waals surface area contributed by atoms with Crippen molar-refractivity contribution in [2.45, 2.75) is 6.92 Å². The highest BCUT2D eigenvalue weighted by atomic mass is 15.3. The number of nitrogens with two attached hydrogens (primary N) is 1. The summed E-state index contributed by atoms with van der Waals surface area (Å²) in [5.74, 6) is 0.297. The molecular formula is C13H12N4. The molecule has 2 N–H and O–H groups in total. The predicted octanol–water partition coefficient (Wildman–Crippen LogP) is 2.29. The molecule has 0 radical (unpaired) electrons. The lowest BCUT2D eigenvalue weighted by molar-refractivity contribution is 0.969. The fourth-order valence-electron chi connectivity index (χ4n) is 1.82. The normalized spacial score (nSPS) is 10.9. The number of rotatable bonds is 1. The highest BCUT2D eigenvalue weighted by Gasteiger charge is 2.02. The lowest BCUT2D eigenvalue weighted by Crippen LogP contribution is -1.90. The average Bonchev–Trinajstić information content (AvgIpc) is 2.69. The number of hydrogen-bond acceptors (Lipinski definition) is 3. The van der Waals surface area contributed by atoms with Crippen molar-refractivity contribution in [2.75, 3.05) is 5.73 Å². The number of nitrogens with zero attached hydrogens (tertiary/aromatic N) is 3. The molecule has 0 aliphatic rings. The van der Waals surface area contributed by atoms with Crippen LogP contribution < -0.4 is 5.73 Å². The van der Waals surface area contributed by atoms with Crippen molar-refractivity contribution in [1.29, 1.82) is 0 Å². The van der Waals surface area contributed by atoms with Crippen molar-refractivity contribution >= 4 is 11.6 Å². The van der Waals surface area contributed by atoms with Crippen molar-refractivity contribution in [1.82, 2.24) is 14.6 Å². The van der Waals surface area contributed by atoms with Gasteiger partial charge in [-0.2, -0.15) is 4.98 Å². The number of pyridine rings is 1. The van der Waals surface area contributed by atoms with E-state index in [1.165, 1.54) is 5.56 Å². The van der Waals surface area contributed by atoms with E-state index in [4.69, 9.17) is 5.73 Å². The molecule has 3 rings (SSSR count). The number of benzene rings is 1. The van der Waals surface area contributed by atoms with Crippen LogP contribution in [0.5, 0.6) is 0 Å². The molecule has 0 aliphatic heterocycles. The number of hydrogen-bond donors (Lipinski definition) is 1. The van der Waals surface area contributed by atoms with Gasteiger partial charge >= 0.3 is 0 Å². The summed E-state index contributed by atoms with van der Waals surface area (Å²) in [6, 6.07) is 12.3. The van der Waals surface area contributed by atoms with Crippen LogP contribution in [-0.2, 0) is 0 Å². The van der Waals surface area contributed by atoms with E-state index in [1.807, 2.05) is 18.3 Å². The molecule has 2 aromatic heterocycles. The van der Waals surface area contributed by atoms with Crippen molar-refractivity contribution in [3.8, 4) is 11.1 Å². The van der Waals surface area contributed by atoms with Crippen LogP contribution in [0.1, 0.15) is 5.56 Å². The maximum atomic E-state index is 5.56. The molecule has 4 nitrogen and oxygen atoms in total. The van der Waals surface area contributed by atoms with Crippen LogP contribution >= 0.6 is 0 Å². The minimum absolute atomic E-state index is 0.297. The van der Waals surface area contributed by atoms with Gasteiger partial charge < -0.3 is 5.73 Å². The number of aryl methyl sites for hydroxylation is 1. The third-order valence-corrected chi connectivity index (χ3v) is 2.73. The van der Waals surface area contributed by atoms with Crippen molar-refractivity contribution in [3.63, 3.8) is 0 Å². The van der Waals surface area contributed by atoms with E-state index in [2.05, 4.69) is 41.3 Å². The summed E-state index contributed by atoms with van der Waals surface area (Å²) < 4.78 is 1.70. The Bertz CT molecular complexity index is 667. The van der Waals surface area contributed by atoms with Crippen LogP contribution in [0.15, 0.2) is 42.6 Å². The Morgan fingerprint density at radius 3 is 2.47 bits per heavy atom. The summed E-state index contributed by atoms with van der Waals surface area (Å²) in [6.07, 6.45) is 1.93. The van der Waals surface area contributed by atoms with Gasteiger partial charge in [-0.25, -0.2) is 4.52 Å². The van der Waals surface area contributed by atoms with Crippen molar-refractivity contribution in [3.05, 3.63) is 48.2 Å². The molecule has 4 heteroatoms. The minimum Gasteiger partial charge on any atom is -0.366 e. The Balaban J connectivity index is 2.13. The van der Waals surface area contributed by atoms with Gasteiger partial charge in [0.1, 0.15) is 0 Å². The first-order chi connectivity index (χ1) is 8.22. The zero-order valence-electron chi connectivity index (χ0n) is 9.46. The van der Waals surface area contributed by atoms with Crippen LogP contribution in [0.25, 0.3) is 16.8 Å². The van der Waals surface area contributed by atoms with Gasteiger partial charge in [0.15, 0.2) is 5.65 Å². The fraction of sp³-hybridized carbons (Fsp3) is 0.0769. The first-order valence-corrected chi connectivity index (χ1v) is 5.41. The Morgan fingerprint density at radius 1 is 1.00 bits per heavy atom. The molecule has 0 saturated heterocycles. The van der Waals surface area contributed by atoms with Gasteiger partial charge in [0, 0.05) is 11.8 Å². The van der Waals surface area contributed by atoms with Gasteiger partial charge in [0.25, 0.3) is 0 Å². The van der Waals surface area contributed by atoms with Gasteiger partial charge in [-0.05, 0) is 24.6 Å². The Kier molecular flexibility index (Phi) is 2.08. The topological polar surface area (TPSA) is 56.2 Å². The van der Waals surface area contributed by atoms with E-state index < -0.39 is 0 Å². The second-order valence-electron chi connectivity index (χ2n) is 4.06. The number of nitrogen functional groups attached to an aromatic ring is 1.